The van der Waals surface area contributed by atoms with Crippen molar-refractivity contribution in [2.24, 2.45) is 5.18 Å². The van der Waals surface area contributed by atoms with Gasteiger partial charge in [-0.1, -0.05) is 0 Å². The summed E-state index contributed by atoms with van der Waals surface area (Å²) in [4.78, 5) is 40.6. The van der Waals surface area contributed by atoms with Gasteiger partial charge in [-0.05, 0) is 0 Å². The topological polar surface area (TPSA) is 141 Å². The van der Waals surface area contributed by atoms with Gasteiger partial charge in [0.05, 0.1) is 12.8 Å². The third-order valence-corrected chi connectivity index (χ3v) is 1.39. The quantitative estimate of drug-likeness (QED) is 0.486. The van der Waals surface area contributed by atoms with Crippen molar-refractivity contribution >= 4 is 17.8 Å². The van der Waals surface area contributed by atoms with Crippen LogP contribution >= 0.6 is 0 Å². The Kier molecular flexibility index (Phi) is 3.84. The van der Waals surface area contributed by atoms with Crippen LogP contribution < -0.4 is 0 Å². The van der Waals surface area contributed by atoms with Crippen molar-refractivity contribution in [3.63, 3.8) is 0 Å². The molecule has 0 fully saturated rings. The number of rotatable bonds is 5. The van der Waals surface area contributed by atoms with Crippen molar-refractivity contribution in [1.29, 1.82) is 0 Å². The number of amides is 1. The van der Waals surface area contributed by atoms with Gasteiger partial charge in [0.2, 0.25) is 0 Å². The van der Waals surface area contributed by atoms with Gasteiger partial charge in [0.25, 0.3) is 5.91 Å². The fourth-order valence-electron chi connectivity index (χ4n) is 0.746. The lowest BCUT2D eigenvalue weighted by atomic mass is 9.95. The first-order valence-corrected chi connectivity index (χ1v) is 3.35. The zero-order valence-electron chi connectivity index (χ0n) is 6.84. The van der Waals surface area contributed by atoms with Gasteiger partial charge in [0, 0.05) is 5.18 Å². The number of nitrogens with zero attached hydrogens (tertiary/aromatic N) is 1. The average Bonchev–Trinajstić information content (AvgIpc) is 2.02. The van der Waals surface area contributed by atoms with Crippen molar-refractivity contribution in [2.75, 3.05) is 0 Å². The number of carbonyl (C=O) groups excluding carboxylic acids is 1. The van der Waals surface area contributed by atoms with Crippen LogP contribution in [0, 0.1) is 4.91 Å². The number of carboxylic acid groups (broad SMARTS) is 2. The minimum atomic E-state index is -2.78. The Morgan fingerprint density at radius 2 is 1.64 bits per heavy atom. The second kappa shape index (κ2) is 4.42. The van der Waals surface area contributed by atoms with Crippen LogP contribution in [0.15, 0.2) is 5.18 Å². The Balaban J connectivity index is 4.71. The molecular formula is C6H7NO7. The van der Waals surface area contributed by atoms with E-state index < -0.39 is 36.3 Å². The van der Waals surface area contributed by atoms with Gasteiger partial charge in [-0.25, -0.2) is 4.79 Å². The highest BCUT2D eigenvalue weighted by molar-refractivity contribution is 5.90. The van der Waals surface area contributed by atoms with E-state index in [0.717, 1.165) is 0 Å². The van der Waals surface area contributed by atoms with Crippen molar-refractivity contribution in [3.8, 4) is 0 Å². The van der Waals surface area contributed by atoms with Crippen LogP contribution in [-0.2, 0) is 14.4 Å². The molecule has 1 amide bonds. The Morgan fingerprint density at radius 1 is 1.14 bits per heavy atom. The molecule has 0 radical (unpaired) electrons. The summed E-state index contributed by atoms with van der Waals surface area (Å²) in [6, 6.07) is 0. The minimum Gasteiger partial charge on any atom is -0.481 e. The van der Waals surface area contributed by atoms with E-state index >= 15 is 0 Å². The third kappa shape index (κ3) is 3.27. The van der Waals surface area contributed by atoms with Crippen molar-refractivity contribution in [1.82, 2.24) is 0 Å². The summed E-state index contributed by atoms with van der Waals surface area (Å²) in [5.41, 5.74) is -2.78. The van der Waals surface area contributed by atoms with Gasteiger partial charge < -0.3 is 15.3 Å². The van der Waals surface area contributed by atoms with Gasteiger partial charge >= 0.3 is 11.9 Å². The number of hydrogen-bond acceptors (Lipinski definition) is 5. The minimum absolute atomic E-state index is 1.15. The lowest BCUT2D eigenvalue weighted by Crippen LogP contribution is -2.42. The molecule has 0 saturated heterocycles. The SMILES string of the molecule is O=NC(=O)CC(O)(CC(=O)O)C(=O)O. The predicted molar refractivity (Wildman–Crippen MR) is 40.3 cm³/mol. The maximum Gasteiger partial charge on any atom is 0.336 e. The van der Waals surface area contributed by atoms with Crippen molar-refractivity contribution in [3.05, 3.63) is 4.91 Å². The predicted octanol–water partition coefficient (Wildman–Crippen LogP) is -1.04. The lowest BCUT2D eigenvalue weighted by Gasteiger charge is -2.18. The molecule has 0 heterocycles. The van der Waals surface area contributed by atoms with Crippen LogP contribution in [-0.4, -0.2) is 38.8 Å². The molecule has 8 nitrogen and oxygen atoms in total. The number of hydrogen-bond donors (Lipinski definition) is 3. The average molecular weight is 205 g/mol. The highest BCUT2D eigenvalue weighted by Gasteiger charge is 2.41. The Bertz CT molecular complexity index is 286. The number of aliphatic hydroxyl groups is 1. The number of carbonyl (C=O) groups is 3. The number of carboxylic acids is 2. The maximum absolute atomic E-state index is 10.4. The summed E-state index contributed by atoms with van der Waals surface area (Å²) in [5, 5.41) is 27.7. The fourth-order valence-corrected chi connectivity index (χ4v) is 0.746. The summed E-state index contributed by atoms with van der Waals surface area (Å²) in [7, 11) is 0. The molecule has 0 aliphatic heterocycles. The maximum atomic E-state index is 10.4. The molecule has 3 N–H and O–H groups in total. The smallest absolute Gasteiger partial charge is 0.336 e. The van der Waals surface area contributed by atoms with E-state index in [1.54, 1.807) is 0 Å². The van der Waals surface area contributed by atoms with Crippen molar-refractivity contribution < 1.29 is 29.7 Å². The molecule has 14 heavy (non-hydrogen) atoms. The van der Waals surface area contributed by atoms with Crippen LogP contribution in [0.5, 0.6) is 0 Å². The molecule has 0 aromatic carbocycles. The lowest BCUT2D eigenvalue weighted by molar-refractivity contribution is -0.167. The van der Waals surface area contributed by atoms with Crippen LogP contribution in [0.2, 0.25) is 0 Å². The van der Waals surface area contributed by atoms with Crippen LogP contribution in [0.25, 0.3) is 0 Å². The largest absolute Gasteiger partial charge is 0.481 e. The number of aliphatic carboxylic acids is 2. The summed E-state index contributed by atoms with van der Waals surface area (Å²) < 4.78 is 0. The zero-order chi connectivity index (χ0) is 11.4. The van der Waals surface area contributed by atoms with E-state index in [1.807, 2.05) is 5.18 Å². The summed E-state index contributed by atoms with van der Waals surface area (Å²) in [5.74, 6) is -4.92. The molecule has 0 spiro atoms. The molecule has 1 unspecified atom stereocenters. The van der Waals surface area contributed by atoms with E-state index in [-0.39, 0.29) is 0 Å². The first-order valence-electron chi connectivity index (χ1n) is 3.35. The normalized spacial score (nSPS) is 14.1. The van der Waals surface area contributed by atoms with Gasteiger partial charge in [-0.15, -0.1) is 4.91 Å². The molecule has 0 bridgehead atoms. The molecular weight excluding hydrogens is 198 g/mol. The highest BCUT2D eigenvalue weighted by atomic mass is 16.4. The van der Waals surface area contributed by atoms with Crippen LogP contribution in [0.1, 0.15) is 12.8 Å². The molecule has 0 aromatic heterocycles. The first-order chi connectivity index (χ1) is 6.31. The van der Waals surface area contributed by atoms with E-state index in [9.17, 15) is 19.3 Å². The summed E-state index contributed by atoms with van der Waals surface area (Å²) >= 11 is 0. The summed E-state index contributed by atoms with van der Waals surface area (Å²) in [6.07, 6.45) is -2.33. The molecule has 0 rings (SSSR count). The van der Waals surface area contributed by atoms with Gasteiger partial charge in [-0.3, -0.25) is 9.59 Å². The Labute approximate surface area is 77.1 Å². The Hall–Kier alpha value is -1.83. The molecule has 0 aliphatic rings. The Morgan fingerprint density at radius 3 is 1.93 bits per heavy atom. The van der Waals surface area contributed by atoms with Gasteiger partial charge in [0.1, 0.15) is 0 Å². The van der Waals surface area contributed by atoms with Gasteiger partial charge in [-0.2, -0.15) is 0 Å². The molecule has 1 atom stereocenters. The van der Waals surface area contributed by atoms with E-state index in [4.69, 9.17) is 15.3 Å². The monoisotopic (exact) mass is 205 g/mol. The number of nitroso groups, excluding NO2 is 1. The van der Waals surface area contributed by atoms with E-state index in [1.165, 1.54) is 0 Å². The highest BCUT2D eigenvalue weighted by Crippen LogP contribution is 2.16. The van der Waals surface area contributed by atoms with E-state index in [2.05, 4.69) is 0 Å². The molecule has 0 aromatic rings. The second-order valence-corrected chi connectivity index (χ2v) is 2.57. The van der Waals surface area contributed by atoms with Crippen molar-refractivity contribution in [2.45, 2.75) is 18.4 Å². The molecule has 78 valence electrons. The van der Waals surface area contributed by atoms with Crippen LogP contribution in [0.3, 0.4) is 0 Å². The first kappa shape index (κ1) is 12.2. The van der Waals surface area contributed by atoms with Gasteiger partial charge in [0.15, 0.2) is 5.60 Å². The fraction of sp³-hybridized carbons (Fsp3) is 0.500. The zero-order valence-corrected chi connectivity index (χ0v) is 6.84. The second-order valence-electron chi connectivity index (χ2n) is 2.57. The molecule has 0 saturated carbocycles. The molecule has 8 heteroatoms. The van der Waals surface area contributed by atoms with E-state index in [0.29, 0.717) is 0 Å². The standard InChI is InChI=1S/C6H7NO7/c8-3(7-14)1-6(13,5(11)12)2-4(9)10/h13H,1-2H2,(H,9,10)(H,11,12). The summed E-state index contributed by atoms with van der Waals surface area (Å²) in [6.45, 7) is 0. The third-order valence-electron chi connectivity index (χ3n) is 1.39. The molecule has 0 aliphatic carbocycles. The van der Waals surface area contributed by atoms with Crippen LogP contribution in [0.4, 0.5) is 0 Å².